The van der Waals surface area contributed by atoms with Gasteiger partial charge in [0.25, 0.3) is 0 Å². The molecule has 1 aliphatic rings. The van der Waals surface area contributed by atoms with Gasteiger partial charge in [0.2, 0.25) is 0 Å². The number of hydrogen-bond donors (Lipinski definition) is 0. The summed E-state index contributed by atoms with van der Waals surface area (Å²) in [5.74, 6) is 0.615. The van der Waals surface area contributed by atoms with E-state index in [0.717, 1.165) is 19.3 Å². The molecule has 0 heterocycles. The second-order valence-electron chi connectivity index (χ2n) is 8.27. The predicted octanol–water partition coefficient (Wildman–Crippen LogP) is 8.33. The van der Waals surface area contributed by atoms with Gasteiger partial charge in [-0.1, -0.05) is 0 Å². The third kappa shape index (κ3) is 4.63. The van der Waals surface area contributed by atoms with Crippen LogP contribution in [0.15, 0.2) is 35.9 Å². The van der Waals surface area contributed by atoms with Gasteiger partial charge in [0.1, 0.15) is 0 Å². The van der Waals surface area contributed by atoms with Gasteiger partial charge >= 0.3 is 181 Å². The number of fused-ring (bicyclic) bond motifs is 1. The fraction of sp³-hybridized carbons (Fsp3) is 0.417. The van der Waals surface area contributed by atoms with E-state index in [2.05, 4.69) is 71.0 Å². The number of benzene rings is 2. The monoisotopic (exact) mass is 477 g/mol. The molecule has 27 heavy (non-hydrogen) atoms. The Morgan fingerprint density at radius 2 is 1.70 bits per heavy atom. The van der Waals surface area contributed by atoms with Crippen LogP contribution in [-0.4, -0.2) is 0 Å². The fourth-order valence-electron chi connectivity index (χ4n) is 4.40. The molecule has 0 fully saturated rings. The Morgan fingerprint density at radius 3 is 2.26 bits per heavy atom. The molecule has 0 radical (unpaired) electrons. The Morgan fingerprint density at radius 1 is 1.04 bits per heavy atom. The second kappa shape index (κ2) is 8.98. The van der Waals surface area contributed by atoms with E-state index < -0.39 is 19.4 Å². The molecule has 0 bridgehead atoms. The Labute approximate surface area is 179 Å². The second-order valence-corrected chi connectivity index (χ2v) is 17.1. The van der Waals surface area contributed by atoms with Crippen LogP contribution in [0.25, 0.3) is 17.2 Å². The maximum absolute atomic E-state index is 6.66. The third-order valence-electron chi connectivity index (χ3n) is 5.27. The van der Waals surface area contributed by atoms with E-state index in [4.69, 9.17) is 17.0 Å². The van der Waals surface area contributed by atoms with E-state index >= 15 is 0 Å². The van der Waals surface area contributed by atoms with Crippen LogP contribution < -0.4 is 0 Å². The van der Waals surface area contributed by atoms with Crippen LogP contribution in [-0.2, 0) is 25.8 Å². The minimum absolute atomic E-state index is 0.300. The van der Waals surface area contributed by atoms with E-state index in [1.165, 1.54) is 44.5 Å². The van der Waals surface area contributed by atoms with Crippen molar-refractivity contribution < 1.29 is 19.4 Å². The first-order chi connectivity index (χ1) is 12.8. The normalized spacial score (nSPS) is 15.9. The number of aryl methyl sites for hydroxylation is 3. The van der Waals surface area contributed by atoms with Crippen molar-refractivity contribution in [3.63, 3.8) is 0 Å². The van der Waals surface area contributed by atoms with Gasteiger partial charge in [-0.15, -0.1) is 0 Å². The summed E-state index contributed by atoms with van der Waals surface area (Å²) in [5, 5.41) is 0. The van der Waals surface area contributed by atoms with Crippen molar-refractivity contribution in [3.05, 3.63) is 63.7 Å². The standard InChI is InChI=1S/C24H29.2ClH.Zr/c1-6-7-20-8-9-21-14-19(10-16(2)3)15-23(21)24(20)22-12-17(4)11-18(5)13-22;;;/h8-9,11-16H,6-7,10H2,1-5H3;2*1H;/q;;;+2/p-2. The Balaban J connectivity index is 2.25. The van der Waals surface area contributed by atoms with E-state index in [0.29, 0.717) is 9.54 Å². The van der Waals surface area contributed by atoms with E-state index in [-0.39, 0.29) is 0 Å². The molecule has 0 amide bonds. The molecule has 0 aromatic heterocycles. The summed E-state index contributed by atoms with van der Waals surface area (Å²) in [4.78, 5) is 0. The molecule has 0 aliphatic heterocycles. The molecule has 0 saturated carbocycles. The van der Waals surface area contributed by atoms with Gasteiger partial charge in [0.15, 0.2) is 0 Å². The van der Waals surface area contributed by atoms with Crippen molar-refractivity contribution in [1.29, 1.82) is 0 Å². The zero-order valence-corrected chi connectivity index (χ0v) is 21.0. The summed E-state index contributed by atoms with van der Waals surface area (Å²) < 4.78 is 0.300. The Bertz CT molecular complexity index is 845. The minimum atomic E-state index is -2.47. The van der Waals surface area contributed by atoms with Crippen molar-refractivity contribution in [2.75, 3.05) is 0 Å². The van der Waals surface area contributed by atoms with Crippen LogP contribution >= 0.6 is 17.0 Å². The van der Waals surface area contributed by atoms with Crippen LogP contribution in [0.1, 0.15) is 65.1 Å². The van der Waals surface area contributed by atoms with Crippen molar-refractivity contribution in [1.82, 2.24) is 0 Å². The zero-order valence-electron chi connectivity index (χ0n) is 17.0. The van der Waals surface area contributed by atoms with Gasteiger partial charge in [-0.25, -0.2) is 0 Å². The molecule has 1 unspecified atom stereocenters. The molecular formula is C24H29Cl2Zr. The summed E-state index contributed by atoms with van der Waals surface area (Å²) >= 11 is -2.47. The first kappa shape index (κ1) is 21.4. The quantitative estimate of drug-likeness (QED) is 0.391. The third-order valence-corrected chi connectivity index (χ3v) is 10.6. The summed E-state index contributed by atoms with van der Waals surface area (Å²) in [7, 11) is 13.3. The number of halogens is 2. The molecule has 0 N–H and O–H groups in total. The molecule has 3 rings (SSSR count). The van der Waals surface area contributed by atoms with E-state index in [9.17, 15) is 0 Å². The molecule has 0 nitrogen and oxygen atoms in total. The van der Waals surface area contributed by atoms with E-state index in [1.54, 1.807) is 0 Å². The number of rotatable bonds is 6. The summed E-state index contributed by atoms with van der Waals surface area (Å²) in [6.07, 6.45) is 5.76. The van der Waals surface area contributed by atoms with Gasteiger partial charge in [0.05, 0.1) is 0 Å². The fourth-order valence-corrected chi connectivity index (χ4v) is 9.83. The number of allylic oxidation sites excluding steroid dienone is 1. The molecule has 0 spiro atoms. The van der Waals surface area contributed by atoms with Crippen LogP contribution in [0.3, 0.4) is 0 Å². The maximum atomic E-state index is 6.66. The Hall–Kier alpha value is -0.357. The average Bonchev–Trinajstić information content (AvgIpc) is 2.91. The molecule has 0 saturated heterocycles. The SMILES string of the molecule is CCCc1ccc2c(c1-c1cc(C)cc(C)c1)C=C(CC(C)C)[CH]2[Zr]([Cl])[Cl]. The van der Waals surface area contributed by atoms with Crippen molar-refractivity contribution in [2.45, 2.75) is 57.5 Å². The van der Waals surface area contributed by atoms with Crippen LogP contribution in [0.5, 0.6) is 0 Å². The predicted molar refractivity (Wildman–Crippen MR) is 117 cm³/mol. The molecule has 3 heteroatoms. The van der Waals surface area contributed by atoms with Crippen molar-refractivity contribution in [3.8, 4) is 11.1 Å². The summed E-state index contributed by atoms with van der Waals surface area (Å²) in [6.45, 7) is 11.2. The van der Waals surface area contributed by atoms with Crippen LogP contribution in [0.2, 0.25) is 0 Å². The van der Waals surface area contributed by atoms with Gasteiger partial charge in [0, 0.05) is 0 Å². The summed E-state index contributed by atoms with van der Waals surface area (Å²) in [6, 6.07) is 11.5. The number of hydrogen-bond acceptors (Lipinski definition) is 0. The van der Waals surface area contributed by atoms with Crippen molar-refractivity contribution in [2.24, 2.45) is 5.92 Å². The molecule has 1 atom stereocenters. The molecule has 2 aromatic rings. The van der Waals surface area contributed by atoms with Crippen LogP contribution in [0.4, 0.5) is 0 Å². The molecule has 1 aliphatic carbocycles. The average molecular weight is 480 g/mol. The van der Waals surface area contributed by atoms with Gasteiger partial charge < -0.3 is 0 Å². The topological polar surface area (TPSA) is 0 Å². The van der Waals surface area contributed by atoms with Gasteiger partial charge in [-0.05, 0) is 0 Å². The molecule has 143 valence electrons. The molecule has 2 aromatic carbocycles. The summed E-state index contributed by atoms with van der Waals surface area (Å²) in [5.41, 5.74) is 11.0. The van der Waals surface area contributed by atoms with Gasteiger partial charge in [-0.3, -0.25) is 0 Å². The Kier molecular flexibility index (Phi) is 7.10. The van der Waals surface area contributed by atoms with Gasteiger partial charge in [-0.2, -0.15) is 0 Å². The first-order valence-electron chi connectivity index (χ1n) is 9.94. The van der Waals surface area contributed by atoms with E-state index in [1.807, 2.05) is 0 Å². The first-order valence-corrected chi connectivity index (χ1v) is 17.7. The van der Waals surface area contributed by atoms with Crippen molar-refractivity contribution >= 4 is 23.1 Å². The van der Waals surface area contributed by atoms with Crippen LogP contribution in [0, 0.1) is 19.8 Å². The molecular weight excluding hydrogens is 450 g/mol. The zero-order chi connectivity index (χ0) is 19.7.